The molecule has 0 spiro atoms. The molecule has 2 aromatic rings. The molecule has 1 aliphatic carbocycles. The Kier molecular flexibility index (Phi) is 6.54. The summed E-state index contributed by atoms with van der Waals surface area (Å²) >= 11 is 5.85. The van der Waals surface area contributed by atoms with Crippen LogP contribution in [0.5, 0.6) is 0 Å². The van der Waals surface area contributed by atoms with Gasteiger partial charge in [0.15, 0.2) is 0 Å². The van der Waals surface area contributed by atoms with Crippen LogP contribution in [-0.4, -0.2) is 17.8 Å². The minimum Gasteiger partial charge on any atom is -0.550 e. The Morgan fingerprint density at radius 2 is 1.62 bits per heavy atom. The first kappa shape index (κ1) is 20.9. The fourth-order valence-electron chi connectivity index (χ4n) is 3.59. The van der Waals surface area contributed by atoms with Crippen molar-refractivity contribution >= 4 is 40.8 Å². The monoisotopic (exact) mass is 413 g/mol. The molecule has 1 saturated carbocycles. The highest BCUT2D eigenvalue weighted by Gasteiger charge is 2.31. The van der Waals surface area contributed by atoms with Crippen LogP contribution in [0, 0.1) is 18.8 Å². The zero-order chi connectivity index (χ0) is 21.0. The van der Waals surface area contributed by atoms with Crippen LogP contribution in [0.1, 0.15) is 41.6 Å². The summed E-state index contributed by atoms with van der Waals surface area (Å²) in [7, 11) is 0. The molecular weight excluding hydrogens is 392 g/mol. The van der Waals surface area contributed by atoms with Gasteiger partial charge in [-0.15, -0.1) is 0 Å². The summed E-state index contributed by atoms with van der Waals surface area (Å²) in [4.78, 5) is 36.5. The lowest BCUT2D eigenvalue weighted by Gasteiger charge is -2.31. The number of benzene rings is 2. The molecule has 0 aliphatic heterocycles. The van der Waals surface area contributed by atoms with E-state index in [9.17, 15) is 19.5 Å². The molecule has 1 aliphatic rings. The molecule has 0 saturated heterocycles. The predicted octanol–water partition coefficient (Wildman–Crippen LogP) is 3.40. The molecule has 152 valence electrons. The van der Waals surface area contributed by atoms with Gasteiger partial charge >= 0.3 is 0 Å². The second-order valence-electron chi connectivity index (χ2n) is 7.30. The molecule has 0 radical (unpaired) electrons. The third-order valence-electron chi connectivity index (χ3n) is 5.27. The number of aryl methyl sites for hydroxylation is 1. The molecular formula is C22H22ClN2O4-. The molecule has 29 heavy (non-hydrogen) atoms. The number of halogens is 1. The molecule has 0 aromatic heterocycles. The molecule has 0 unspecified atom stereocenters. The lowest BCUT2D eigenvalue weighted by atomic mass is 9.78. The number of rotatable bonds is 5. The fourth-order valence-corrected chi connectivity index (χ4v) is 3.72. The average Bonchev–Trinajstić information content (AvgIpc) is 2.70. The van der Waals surface area contributed by atoms with E-state index < -0.39 is 17.8 Å². The second kappa shape index (κ2) is 9.09. The van der Waals surface area contributed by atoms with Crippen molar-refractivity contribution in [1.82, 2.24) is 0 Å². The van der Waals surface area contributed by atoms with Gasteiger partial charge in [-0.2, -0.15) is 0 Å². The quantitative estimate of drug-likeness (QED) is 0.784. The Hall–Kier alpha value is -2.86. The van der Waals surface area contributed by atoms with E-state index in [0.717, 1.165) is 18.4 Å². The van der Waals surface area contributed by atoms with Crippen molar-refractivity contribution in [3.8, 4) is 0 Å². The first-order chi connectivity index (χ1) is 13.8. The van der Waals surface area contributed by atoms with Crippen LogP contribution in [0.15, 0.2) is 42.5 Å². The number of carboxylic acids is 1. The average molecular weight is 414 g/mol. The van der Waals surface area contributed by atoms with Crippen LogP contribution >= 0.6 is 11.6 Å². The Bertz CT molecular complexity index is 927. The van der Waals surface area contributed by atoms with E-state index in [2.05, 4.69) is 10.6 Å². The third-order valence-corrected chi connectivity index (χ3v) is 5.52. The maximum Gasteiger partial charge on any atom is 0.255 e. The van der Waals surface area contributed by atoms with Crippen molar-refractivity contribution in [3.05, 3.63) is 58.6 Å². The van der Waals surface area contributed by atoms with Crippen molar-refractivity contribution < 1.29 is 19.5 Å². The lowest BCUT2D eigenvalue weighted by molar-refractivity contribution is -0.313. The van der Waals surface area contributed by atoms with Gasteiger partial charge in [-0.05, 0) is 61.7 Å². The highest BCUT2D eigenvalue weighted by atomic mass is 35.5. The summed E-state index contributed by atoms with van der Waals surface area (Å²) in [5, 5.41) is 17.5. The normalized spacial score (nSPS) is 18.7. The number of amides is 2. The van der Waals surface area contributed by atoms with Crippen LogP contribution < -0.4 is 15.7 Å². The van der Waals surface area contributed by atoms with Gasteiger partial charge in [0.2, 0.25) is 5.91 Å². The van der Waals surface area contributed by atoms with E-state index in [-0.39, 0.29) is 11.8 Å². The molecule has 2 atom stereocenters. The molecule has 7 heteroatoms. The van der Waals surface area contributed by atoms with Gasteiger partial charge in [-0.1, -0.05) is 30.5 Å². The second-order valence-corrected chi connectivity index (χ2v) is 7.73. The molecule has 0 heterocycles. The van der Waals surface area contributed by atoms with Crippen molar-refractivity contribution in [2.24, 2.45) is 11.8 Å². The van der Waals surface area contributed by atoms with E-state index >= 15 is 0 Å². The number of carbonyl (C=O) groups excluding carboxylic acids is 3. The van der Waals surface area contributed by atoms with Gasteiger partial charge in [-0.25, -0.2) is 0 Å². The van der Waals surface area contributed by atoms with Gasteiger partial charge in [0.1, 0.15) is 0 Å². The largest absolute Gasteiger partial charge is 0.550 e. The van der Waals surface area contributed by atoms with Gasteiger partial charge < -0.3 is 20.5 Å². The van der Waals surface area contributed by atoms with Crippen molar-refractivity contribution in [2.75, 3.05) is 10.6 Å². The number of aliphatic carboxylic acids is 1. The first-order valence-corrected chi connectivity index (χ1v) is 9.92. The molecule has 3 rings (SSSR count). The number of carbonyl (C=O) groups is 3. The molecule has 0 bridgehead atoms. The Labute approximate surface area is 174 Å². The van der Waals surface area contributed by atoms with Crippen LogP contribution in [0.2, 0.25) is 5.02 Å². The number of nitrogens with one attached hydrogen (secondary N) is 2. The van der Waals surface area contributed by atoms with Gasteiger partial charge in [-0.3, -0.25) is 9.59 Å². The number of hydrogen-bond donors (Lipinski definition) is 2. The maximum atomic E-state index is 12.7. The summed E-state index contributed by atoms with van der Waals surface area (Å²) < 4.78 is 0. The summed E-state index contributed by atoms with van der Waals surface area (Å²) in [5.74, 6) is -3.18. The minimum atomic E-state index is -1.18. The van der Waals surface area contributed by atoms with Gasteiger partial charge in [0, 0.05) is 39.8 Å². The summed E-state index contributed by atoms with van der Waals surface area (Å²) in [6, 6.07) is 11.7. The topological polar surface area (TPSA) is 98.3 Å². The zero-order valence-electron chi connectivity index (χ0n) is 16.0. The minimum absolute atomic E-state index is 0.294. The molecule has 1 fully saturated rings. The lowest BCUT2D eigenvalue weighted by Crippen LogP contribution is -2.42. The van der Waals surface area contributed by atoms with E-state index in [0.29, 0.717) is 34.8 Å². The van der Waals surface area contributed by atoms with Crippen LogP contribution in [0.25, 0.3) is 0 Å². The Balaban J connectivity index is 1.73. The van der Waals surface area contributed by atoms with E-state index in [1.54, 1.807) is 42.5 Å². The van der Waals surface area contributed by atoms with E-state index in [1.165, 1.54) is 0 Å². The van der Waals surface area contributed by atoms with E-state index in [1.807, 2.05) is 6.92 Å². The van der Waals surface area contributed by atoms with Gasteiger partial charge in [0.05, 0.1) is 0 Å². The van der Waals surface area contributed by atoms with Crippen molar-refractivity contribution in [1.29, 1.82) is 0 Å². The van der Waals surface area contributed by atoms with E-state index in [4.69, 9.17) is 11.6 Å². The number of hydrogen-bond acceptors (Lipinski definition) is 4. The third kappa shape index (κ3) is 5.15. The van der Waals surface area contributed by atoms with Crippen LogP contribution in [0.4, 0.5) is 11.4 Å². The standard InChI is InChI=1S/C22H23ClN2O4/c1-13-6-11-16(24-21(27)17-4-2-3-5-18(17)22(28)29)12-19(13)25-20(26)14-7-9-15(23)10-8-14/h6-12,17-18H,2-5H2,1H3,(H,24,27)(H,25,26)(H,28,29)/p-1/t17-,18-/m0/s1. The van der Waals surface area contributed by atoms with Gasteiger partial charge in [0.25, 0.3) is 5.91 Å². The molecule has 6 nitrogen and oxygen atoms in total. The predicted molar refractivity (Wildman–Crippen MR) is 110 cm³/mol. The Morgan fingerprint density at radius 3 is 2.28 bits per heavy atom. The van der Waals surface area contributed by atoms with Crippen LogP contribution in [-0.2, 0) is 9.59 Å². The van der Waals surface area contributed by atoms with Crippen molar-refractivity contribution in [3.63, 3.8) is 0 Å². The highest BCUT2D eigenvalue weighted by Crippen LogP contribution is 2.31. The molecule has 2 aromatic carbocycles. The number of carboxylic acid groups (broad SMARTS) is 1. The first-order valence-electron chi connectivity index (χ1n) is 9.54. The van der Waals surface area contributed by atoms with Crippen LogP contribution in [0.3, 0.4) is 0 Å². The fraction of sp³-hybridized carbons (Fsp3) is 0.318. The zero-order valence-corrected chi connectivity index (χ0v) is 16.8. The maximum absolute atomic E-state index is 12.7. The summed E-state index contributed by atoms with van der Waals surface area (Å²) in [6.07, 6.45) is 2.58. The highest BCUT2D eigenvalue weighted by molar-refractivity contribution is 6.30. The SMILES string of the molecule is Cc1ccc(NC(=O)[C@H]2CCCC[C@@H]2C(=O)[O-])cc1NC(=O)c1ccc(Cl)cc1. The van der Waals surface area contributed by atoms with Crippen molar-refractivity contribution in [2.45, 2.75) is 32.6 Å². The Morgan fingerprint density at radius 1 is 0.966 bits per heavy atom. The summed E-state index contributed by atoms with van der Waals surface area (Å²) in [6.45, 7) is 1.84. The summed E-state index contributed by atoms with van der Waals surface area (Å²) in [5.41, 5.74) is 2.34. The smallest absolute Gasteiger partial charge is 0.255 e. The molecule has 2 N–H and O–H groups in total. The number of anilines is 2. The molecule has 2 amide bonds.